The van der Waals surface area contributed by atoms with Crippen LogP contribution in [0.1, 0.15) is 23.7 Å². The Bertz CT molecular complexity index is 1280. The minimum atomic E-state index is -0.967. The number of hydrogen-bond acceptors (Lipinski definition) is 4. The lowest BCUT2D eigenvalue weighted by atomic mass is 9.82. The van der Waals surface area contributed by atoms with Gasteiger partial charge in [-0.2, -0.15) is 0 Å². The van der Waals surface area contributed by atoms with Crippen LogP contribution >= 0.6 is 27.7 Å². The van der Waals surface area contributed by atoms with E-state index in [1.165, 1.54) is 11.8 Å². The van der Waals surface area contributed by atoms with Crippen molar-refractivity contribution in [3.63, 3.8) is 0 Å². The predicted molar refractivity (Wildman–Crippen MR) is 146 cm³/mol. The van der Waals surface area contributed by atoms with Crippen LogP contribution in [0.15, 0.2) is 100 Å². The molecule has 2 amide bonds. The average molecular weight is 565 g/mol. The van der Waals surface area contributed by atoms with E-state index in [2.05, 4.69) is 26.6 Å². The highest BCUT2D eigenvalue weighted by Gasteiger charge is 2.34. The van der Waals surface area contributed by atoms with Gasteiger partial charge in [-0.05, 0) is 64.7 Å². The summed E-state index contributed by atoms with van der Waals surface area (Å²) in [5.41, 5.74) is 2.08. The van der Waals surface area contributed by atoms with Crippen LogP contribution in [0.3, 0.4) is 0 Å². The summed E-state index contributed by atoms with van der Waals surface area (Å²) in [6, 6.07) is 24.2. The Morgan fingerprint density at radius 2 is 1.56 bits per heavy atom. The van der Waals surface area contributed by atoms with Gasteiger partial charge in [0.25, 0.3) is 0 Å². The van der Waals surface area contributed by atoms with E-state index in [0.29, 0.717) is 24.2 Å². The maximum Gasteiger partial charge on any atom is 0.307 e. The number of carbonyl (C=O) groups is 3. The van der Waals surface area contributed by atoms with Gasteiger partial charge < -0.3 is 15.7 Å². The van der Waals surface area contributed by atoms with Crippen LogP contribution in [0.2, 0.25) is 0 Å². The van der Waals surface area contributed by atoms with E-state index in [4.69, 9.17) is 0 Å². The molecule has 0 bridgehead atoms. The molecule has 0 aromatic heterocycles. The highest BCUT2D eigenvalue weighted by molar-refractivity contribution is 9.10. The molecule has 1 aliphatic rings. The maximum absolute atomic E-state index is 13.4. The molecule has 3 N–H and O–H groups in total. The van der Waals surface area contributed by atoms with Gasteiger partial charge in [0.2, 0.25) is 11.8 Å². The lowest BCUT2D eigenvalue weighted by Gasteiger charge is -2.24. The van der Waals surface area contributed by atoms with Gasteiger partial charge in [-0.15, -0.1) is 11.8 Å². The summed E-state index contributed by atoms with van der Waals surface area (Å²) < 4.78 is 0.789. The molecule has 6 nitrogen and oxygen atoms in total. The number of carboxylic acid groups (broad SMARTS) is 1. The maximum atomic E-state index is 13.4. The van der Waals surface area contributed by atoms with Crippen LogP contribution in [0.25, 0.3) is 0 Å². The van der Waals surface area contributed by atoms with Crippen LogP contribution in [-0.2, 0) is 14.4 Å². The lowest BCUT2D eigenvalue weighted by Crippen LogP contribution is -2.34. The van der Waals surface area contributed by atoms with Crippen molar-refractivity contribution >= 4 is 56.9 Å². The summed E-state index contributed by atoms with van der Waals surface area (Å²) in [5, 5.41) is 14.8. The van der Waals surface area contributed by atoms with Crippen molar-refractivity contribution in [2.45, 2.75) is 23.0 Å². The highest BCUT2D eigenvalue weighted by Crippen LogP contribution is 2.38. The minimum absolute atomic E-state index is 0.175. The number of halogens is 1. The van der Waals surface area contributed by atoms with Gasteiger partial charge in [-0.25, -0.2) is 0 Å². The zero-order valence-electron chi connectivity index (χ0n) is 19.3. The number of aliphatic carboxylic acids is 1. The molecule has 0 fully saturated rings. The monoisotopic (exact) mass is 564 g/mol. The highest BCUT2D eigenvalue weighted by atomic mass is 79.9. The standard InChI is InChI=1S/C28H25BrN2O4S/c29-23-15-6-7-16-24(23)31-27(33)25(18-9-2-1-3-10-18)36-20-12-8-11-19(17-20)30-26(32)21-13-4-5-14-22(21)28(34)35/h1-12,15-17,21-22,25H,13-14H2,(H,30,32)(H,31,33)(H,34,35). The first kappa shape index (κ1) is 25.7. The number of carboxylic acids is 1. The first-order chi connectivity index (χ1) is 17.4. The quantitative estimate of drug-likeness (QED) is 0.213. The van der Waals surface area contributed by atoms with Gasteiger partial charge >= 0.3 is 5.97 Å². The molecular weight excluding hydrogens is 540 g/mol. The largest absolute Gasteiger partial charge is 0.481 e. The van der Waals surface area contributed by atoms with Crippen LogP contribution in [0, 0.1) is 11.8 Å². The summed E-state index contributed by atoms with van der Waals surface area (Å²) >= 11 is 4.85. The van der Waals surface area contributed by atoms with E-state index < -0.39 is 23.1 Å². The van der Waals surface area contributed by atoms with E-state index in [9.17, 15) is 19.5 Å². The summed E-state index contributed by atoms with van der Waals surface area (Å²) in [4.78, 5) is 38.6. The van der Waals surface area contributed by atoms with Crippen LogP contribution in [-0.4, -0.2) is 22.9 Å². The van der Waals surface area contributed by atoms with Crippen molar-refractivity contribution in [1.82, 2.24) is 0 Å². The molecule has 0 heterocycles. The minimum Gasteiger partial charge on any atom is -0.481 e. The van der Waals surface area contributed by atoms with Crippen molar-refractivity contribution in [2.24, 2.45) is 11.8 Å². The Labute approximate surface area is 222 Å². The van der Waals surface area contributed by atoms with Gasteiger partial charge in [0.15, 0.2) is 0 Å². The number of nitrogens with one attached hydrogen (secondary N) is 2. The molecule has 1 aliphatic carbocycles. The second kappa shape index (κ2) is 12.1. The number of rotatable bonds is 8. The van der Waals surface area contributed by atoms with Gasteiger partial charge in [0, 0.05) is 15.1 Å². The van der Waals surface area contributed by atoms with E-state index in [1.807, 2.05) is 72.8 Å². The molecule has 0 radical (unpaired) electrons. The SMILES string of the molecule is O=C(Nc1ccccc1Br)C(Sc1cccc(NC(=O)C2CC=CCC2C(=O)O)c1)c1ccccc1. The van der Waals surface area contributed by atoms with E-state index in [0.717, 1.165) is 14.9 Å². The molecular formula is C28H25BrN2O4S. The smallest absolute Gasteiger partial charge is 0.307 e. The molecule has 3 unspecified atom stereocenters. The number of amides is 2. The van der Waals surface area contributed by atoms with Crippen molar-refractivity contribution in [3.8, 4) is 0 Å². The Morgan fingerprint density at radius 3 is 2.28 bits per heavy atom. The molecule has 0 aliphatic heterocycles. The van der Waals surface area contributed by atoms with Gasteiger partial charge in [-0.1, -0.05) is 60.7 Å². The third-order valence-electron chi connectivity index (χ3n) is 5.91. The zero-order valence-corrected chi connectivity index (χ0v) is 21.7. The van der Waals surface area contributed by atoms with E-state index in [1.54, 1.807) is 18.2 Å². The van der Waals surface area contributed by atoms with Gasteiger partial charge in [0.1, 0.15) is 5.25 Å². The summed E-state index contributed by atoms with van der Waals surface area (Å²) in [6.45, 7) is 0. The molecule has 4 rings (SSSR count). The van der Waals surface area contributed by atoms with Crippen molar-refractivity contribution in [1.29, 1.82) is 0 Å². The van der Waals surface area contributed by atoms with Crippen LogP contribution < -0.4 is 10.6 Å². The molecule has 36 heavy (non-hydrogen) atoms. The lowest BCUT2D eigenvalue weighted by molar-refractivity contribution is -0.146. The second-order valence-electron chi connectivity index (χ2n) is 8.39. The fourth-order valence-electron chi connectivity index (χ4n) is 4.06. The first-order valence-corrected chi connectivity index (χ1v) is 13.2. The molecule has 0 saturated heterocycles. The number of hydrogen-bond donors (Lipinski definition) is 3. The fraction of sp³-hybridized carbons (Fsp3) is 0.179. The Morgan fingerprint density at radius 1 is 0.861 bits per heavy atom. The van der Waals surface area contributed by atoms with Crippen LogP contribution in [0.5, 0.6) is 0 Å². The number of allylic oxidation sites excluding steroid dienone is 2. The van der Waals surface area contributed by atoms with Crippen molar-refractivity contribution < 1.29 is 19.5 Å². The Kier molecular flexibility index (Phi) is 8.61. The van der Waals surface area contributed by atoms with Crippen molar-refractivity contribution in [3.05, 3.63) is 101 Å². The normalized spacial score (nSPS) is 17.7. The fourth-order valence-corrected chi connectivity index (χ4v) is 5.52. The Balaban J connectivity index is 1.53. The van der Waals surface area contributed by atoms with E-state index in [-0.39, 0.29) is 11.8 Å². The van der Waals surface area contributed by atoms with Crippen molar-refractivity contribution in [2.75, 3.05) is 10.6 Å². The molecule has 184 valence electrons. The van der Waals surface area contributed by atoms with Gasteiger partial charge in [0.05, 0.1) is 17.5 Å². The third kappa shape index (κ3) is 6.44. The summed E-state index contributed by atoms with van der Waals surface area (Å²) in [6.07, 6.45) is 4.39. The average Bonchev–Trinajstić information content (AvgIpc) is 2.89. The number of thioether (sulfide) groups is 1. The third-order valence-corrected chi connectivity index (χ3v) is 7.85. The summed E-state index contributed by atoms with van der Waals surface area (Å²) in [7, 11) is 0. The molecule has 0 saturated carbocycles. The number of para-hydroxylation sites is 1. The predicted octanol–water partition coefficient (Wildman–Crippen LogP) is 6.53. The van der Waals surface area contributed by atoms with Crippen LogP contribution in [0.4, 0.5) is 11.4 Å². The molecule has 3 aromatic carbocycles. The van der Waals surface area contributed by atoms with E-state index >= 15 is 0 Å². The first-order valence-electron chi connectivity index (χ1n) is 11.5. The molecule has 3 aromatic rings. The molecule has 8 heteroatoms. The Hall–Kier alpha value is -3.36. The molecule has 3 atom stereocenters. The summed E-state index contributed by atoms with van der Waals surface area (Å²) in [5.74, 6) is -2.83. The second-order valence-corrected chi connectivity index (χ2v) is 10.4. The number of benzene rings is 3. The van der Waals surface area contributed by atoms with Gasteiger partial charge in [-0.3, -0.25) is 14.4 Å². The topological polar surface area (TPSA) is 95.5 Å². The number of carbonyl (C=O) groups excluding carboxylic acids is 2. The number of anilines is 2. The molecule has 0 spiro atoms. The zero-order chi connectivity index (χ0) is 25.5.